The monoisotopic (exact) mass is 369 g/mol. The number of carbonyl (C=O) groups is 2. The van der Waals surface area contributed by atoms with Gasteiger partial charge < -0.3 is 16.0 Å². The van der Waals surface area contributed by atoms with Gasteiger partial charge in [0, 0.05) is 36.7 Å². The molecule has 140 valence electrons. The van der Waals surface area contributed by atoms with Crippen LogP contribution in [0.25, 0.3) is 0 Å². The van der Waals surface area contributed by atoms with Crippen molar-refractivity contribution >= 4 is 17.6 Å². The highest BCUT2D eigenvalue weighted by atomic mass is 19.1. The van der Waals surface area contributed by atoms with E-state index in [-0.39, 0.29) is 17.6 Å². The Labute approximate surface area is 155 Å². The minimum atomic E-state index is -0.378. The largest absolute Gasteiger partial charge is 0.368 e. The van der Waals surface area contributed by atoms with Gasteiger partial charge in [0.25, 0.3) is 11.8 Å². The van der Waals surface area contributed by atoms with Gasteiger partial charge in [0.2, 0.25) is 0 Å². The van der Waals surface area contributed by atoms with Crippen molar-refractivity contribution in [2.24, 2.45) is 0 Å². The van der Waals surface area contributed by atoms with Gasteiger partial charge in [-0.25, -0.2) is 14.4 Å². The predicted octanol–water partition coefficient (Wildman–Crippen LogP) is 1.62. The van der Waals surface area contributed by atoms with Crippen LogP contribution < -0.4 is 16.0 Å². The number of benzene rings is 1. The molecule has 1 aromatic heterocycles. The molecular formula is C19H20FN5O2. The molecule has 1 aliphatic heterocycles. The lowest BCUT2D eigenvalue weighted by atomic mass is 10.1. The van der Waals surface area contributed by atoms with Gasteiger partial charge in [-0.2, -0.15) is 0 Å². The number of halogens is 1. The van der Waals surface area contributed by atoms with Crippen molar-refractivity contribution in [1.29, 1.82) is 0 Å². The van der Waals surface area contributed by atoms with Crippen LogP contribution in [0, 0.1) is 5.82 Å². The summed E-state index contributed by atoms with van der Waals surface area (Å²) in [6.45, 7) is 1.40. The van der Waals surface area contributed by atoms with Crippen molar-refractivity contribution in [2.45, 2.75) is 25.2 Å². The van der Waals surface area contributed by atoms with Crippen molar-refractivity contribution in [2.75, 3.05) is 25.0 Å². The number of aromatic nitrogens is 2. The van der Waals surface area contributed by atoms with Crippen LogP contribution in [0.5, 0.6) is 0 Å². The van der Waals surface area contributed by atoms with Gasteiger partial charge in [-0.1, -0.05) is 0 Å². The van der Waals surface area contributed by atoms with Crippen molar-refractivity contribution < 1.29 is 14.0 Å². The van der Waals surface area contributed by atoms with Crippen LogP contribution in [0.4, 0.5) is 10.2 Å². The second-order valence-corrected chi connectivity index (χ2v) is 6.73. The zero-order valence-electron chi connectivity index (χ0n) is 14.7. The van der Waals surface area contributed by atoms with E-state index >= 15 is 0 Å². The van der Waals surface area contributed by atoms with Crippen molar-refractivity contribution in [3.8, 4) is 0 Å². The van der Waals surface area contributed by atoms with Crippen molar-refractivity contribution in [3.63, 3.8) is 0 Å². The molecule has 2 heterocycles. The Balaban J connectivity index is 1.40. The van der Waals surface area contributed by atoms with Crippen LogP contribution >= 0.6 is 0 Å². The maximum Gasteiger partial charge on any atom is 0.270 e. The van der Waals surface area contributed by atoms with E-state index in [1.54, 1.807) is 0 Å². The predicted molar refractivity (Wildman–Crippen MR) is 97.3 cm³/mol. The fourth-order valence-corrected chi connectivity index (χ4v) is 3.04. The number of hydrogen-bond acceptors (Lipinski definition) is 5. The number of nitrogens with one attached hydrogen (secondary N) is 3. The molecule has 2 aliphatic rings. The van der Waals surface area contributed by atoms with E-state index in [0.717, 1.165) is 18.4 Å². The molecule has 0 atom stereocenters. The molecule has 8 heteroatoms. The molecule has 2 amide bonds. The molecule has 2 aromatic rings. The molecule has 0 radical (unpaired) electrons. The summed E-state index contributed by atoms with van der Waals surface area (Å²) in [5.41, 5.74) is 1.69. The van der Waals surface area contributed by atoms with E-state index in [9.17, 15) is 14.0 Å². The molecule has 0 spiro atoms. The van der Waals surface area contributed by atoms with Gasteiger partial charge in [-0.15, -0.1) is 0 Å². The lowest BCUT2D eigenvalue weighted by Crippen LogP contribution is -2.35. The third-order valence-electron chi connectivity index (χ3n) is 4.65. The molecule has 3 N–H and O–H groups in total. The summed E-state index contributed by atoms with van der Waals surface area (Å²) in [6, 6.07) is 5.40. The van der Waals surface area contributed by atoms with E-state index in [1.807, 2.05) is 0 Å². The van der Waals surface area contributed by atoms with E-state index in [2.05, 4.69) is 25.9 Å². The Bertz CT molecular complexity index is 880. The van der Waals surface area contributed by atoms with Gasteiger partial charge in [0.05, 0.1) is 0 Å². The summed E-state index contributed by atoms with van der Waals surface area (Å²) in [5, 5.41) is 8.82. The summed E-state index contributed by atoms with van der Waals surface area (Å²) in [5.74, 6) is 0.921. The van der Waals surface area contributed by atoms with Crippen molar-refractivity contribution in [3.05, 3.63) is 52.7 Å². The van der Waals surface area contributed by atoms with Crippen LogP contribution in [0.15, 0.2) is 24.3 Å². The van der Waals surface area contributed by atoms with Crippen LogP contribution in [0.3, 0.4) is 0 Å². The molecule has 1 saturated carbocycles. The van der Waals surface area contributed by atoms with Crippen LogP contribution in [-0.2, 0) is 6.42 Å². The zero-order valence-corrected chi connectivity index (χ0v) is 14.7. The second kappa shape index (κ2) is 7.30. The lowest BCUT2D eigenvalue weighted by molar-refractivity contribution is 0.0937. The van der Waals surface area contributed by atoms with E-state index in [4.69, 9.17) is 0 Å². The van der Waals surface area contributed by atoms with E-state index < -0.39 is 0 Å². The highest BCUT2D eigenvalue weighted by Crippen LogP contribution is 2.39. The normalized spacial score (nSPS) is 15.7. The summed E-state index contributed by atoms with van der Waals surface area (Å²) in [6.07, 6.45) is 2.78. The van der Waals surface area contributed by atoms with Crippen LogP contribution in [0.2, 0.25) is 0 Å². The molecule has 1 aromatic carbocycles. The Morgan fingerprint density at radius 3 is 2.70 bits per heavy atom. The first kappa shape index (κ1) is 17.4. The third-order valence-corrected chi connectivity index (χ3v) is 4.65. The first-order valence-corrected chi connectivity index (χ1v) is 9.08. The smallest absolute Gasteiger partial charge is 0.270 e. The Kier molecular flexibility index (Phi) is 4.70. The summed E-state index contributed by atoms with van der Waals surface area (Å²) in [4.78, 5) is 33.2. The fraction of sp³-hybridized carbons (Fsp3) is 0.368. The quantitative estimate of drug-likeness (QED) is 0.673. The highest BCUT2D eigenvalue weighted by molar-refractivity contribution is 5.96. The molecule has 0 saturated heterocycles. The number of anilines is 1. The maximum absolute atomic E-state index is 12.9. The topological polar surface area (TPSA) is 96.0 Å². The summed E-state index contributed by atoms with van der Waals surface area (Å²) >= 11 is 0. The van der Waals surface area contributed by atoms with Crippen LogP contribution in [-0.4, -0.2) is 41.4 Å². The number of hydrogen-bond donors (Lipinski definition) is 3. The first-order chi connectivity index (χ1) is 13.1. The first-order valence-electron chi connectivity index (χ1n) is 9.08. The van der Waals surface area contributed by atoms with Gasteiger partial charge in [-0.3, -0.25) is 9.59 Å². The maximum atomic E-state index is 12.9. The summed E-state index contributed by atoms with van der Waals surface area (Å²) < 4.78 is 12.9. The van der Waals surface area contributed by atoms with Gasteiger partial charge >= 0.3 is 0 Å². The number of amides is 2. The fourth-order valence-electron chi connectivity index (χ4n) is 3.04. The Morgan fingerprint density at radius 2 is 1.96 bits per heavy atom. The SMILES string of the molecule is O=C(NCCNc1nc(C2CC2)nc2c1CCNC2=O)c1ccc(F)cc1. The molecule has 1 aliphatic carbocycles. The highest BCUT2D eigenvalue weighted by Gasteiger charge is 2.31. The molecule has 7 nitrogen and oxygen atoms in total. The van der Waals surface area contributed by atoms with Crippen molar-refractivity contribution in [1.82, 2.24) is 20.6 Å². The molecule has 0 unspecified atom stereocenters. The van der Waals surface area contributed by atoms with Gasteiger partial charge in [0.15, 0.2) is 0 Å². The number of fused-ring (bicyclic) bond motifs is 1. The minimum Gasteiger partial charge on any atom is -0.368 e. The minimum absolute atomic E-state index is 0.159. The number of rotatable bonds is 6. The average molecular weight is 369 g/mol. The van der Waals surface area contributed by atoms with E-state index in [0.29, 0.717) is 54.9 Å². The van der Waals surface area contributed by atoms with Gasteiger partial charge in [-0.05, 0) is 43.5 Å². The number of carbonyl (C=O) groups excluding carboxylic acids is 2. The standard InChI is InChI=1S/C19H20FN5O2/c20-13-5-3-12(4-6-13)18(26)23-10-9-21-17-14-7-8-22-19(27)15(14)24-16(25-17)11-1-2-11/h3-6,11H,1-2,7-10H2,(H,22,27)(H,23,26)(H,21,24,25). The van der Waals surface area contributed by atoms with Crippen LogP contribution in [0.1, 0.15) is 51.0 Å². The Hall–Kier alpha value is -3.03. The zero-order chi connectivity index (χ0) is 18.8. The van der Waals surface area contributed by atoms with E-state index in [1.165, 1.54) is 24.3 Å². The lowest BCUT2D eigenvalue weighted by Gasteiger charge is -2.20. The number of nitrogens with zero attached hydrogens (tertiary/aromatic N) is 2. The third kappa shape index (κ3) is 3.89. The van der Waals surface area contributed by atoms with Gasteiger partial charge in [0.1, 0.15) is 23.2 Å². The molecular weight excluding hydrogens is 349 g/mol. The molecule has 27 heavy (non-hydrogen) atoms. The molecule has 1 fully saturated rings. The molecule has 4 rings (SSSR count). The summed E-state index contributed by atoms with van der Waals surface area (Å²) in [7, 11) is 0. The second-order valence-electron chi connectivity index (χ2n) is 6.73. The average Bonchev–Trinajstić information content (AvgIpc) is 3.51. The molecule has 0 bridgehead atoms. The Morgan fingerprint density at radius 1 is 1.19 bits per heavy atom.